The molecule has 3 rings (SSSR count). The lowest BCUT2D eigenvalue weighted by Crippen LogP contribution is -1.95. The smallest absolute Gasteiger partial charge is 0.328 e. The quantitative estimate of drug-likeness (QED) is 0.740. The molecule has 1 aromatic carbocycles. The van der Waals surface area contributed by atoms with Crippen LogP contribution in [-0.2, 0) is 11.2 Å². The predicted octanol–water partition coefficient (Wildman–Crippen LogP) is 4.03. The highest BCUT2D eigenvalue weighted by atomic mass is 32.1. The van der Waals surface area contributed by atoms with Gasteiger partial charge in [-0.15, -0.1) is 11.3 Å². The Morgan fingerprint density at radius 2 is 2.09 bits per heavy atom. The fourth-order valence-corrected chi connectivity index (χ4v) is 3.68. The van der Waals surface area contributed by atoms with Gasteiger partial charge in [0.1, 0.15) is 0 Å². The zero-order chi connectivity index (χ0) is 15.7. The van der Waals surface area contributed by atoms with E-state index >= 15 is 0 Å². The summed E-state index contributed by atoms with van der Waals surface area (Å²) < 4.78 is 2.07. The molecule has 0 amide bonds. The third-order valence-corrected chi connectivity index (χ3v) is 4.57. The van der Waals surface area contributed by atoms with Gasteiger partial charge in [-0.05, 0) is 19.4 Å². The Bertz CT molecular complexity index is 860. The predicted molar refractivity (Wildman–Crippen MR) is 89.3 cm³/mol. The molecule has 22 heavy (non-hydrogen) atoms. The third kappa shape index (κ3) is 2.44. The van der Waals surface area contributed by atoms with Crippen LogP contribution in [0.15, 0.2) is 36.4 Å². The molecule has 0 atom stereocenters. The molecule has 0 bridgehead atoms. The Hall–Kier alpha value is -2.40. The summed E-state index contributed by atoms with van der Waals surface area (Å²) in [6.07, 6.45) is 3.68. The molecular formula is C17H16N2O2S. The number of carboxylic acids is 1. The lowest BCUT2D eigenvalue weighted by molar-refractivity contribution is -0.131. The average Bonchev–Trinajstić information content (AvgIpc) is 3.00. The maximum Gasteiger partial charge on any atom is 0.328 e. The molecule has 0 aliphatic heterocycles. The topological polar surface area (TPSA) is 54.6 Å². The fraction of sp³-hybridized carbons (Fsp3) is 0.176. The molecule has 112 valence electrons. The Morgan fingerprint density at radius 3 is 2.73 bits per heavy atom. The van der Waals surface area contributed by atoms with Gasteiger partial charge < -0.3 is 5.11 Å². The zero-order valence-corrected chi connectivity index (χ0v) is 13.2. The van der Waals surface area contributed by atoms with Crippen LogP contribution in [0.5, 0.6) is 0 Å². The van der Waals surface area contributed by atoms with Crippen LogP contribution in [0.4, 0.5) is 0 Å². The zero-order valence-electron chi connectivity index (χ0n) is 12.4. The van der Waals surface area contributed by atoms with Crippen LogP contribution in [0.3, 0.4) is 0 Å². The Kier molecular flexibility index (Phi) is 3.81. The number of carboxylic acid groups (broad SMARTS) is 1. The molecule has 0 saturated carbocycles. The van der Waals surface area contributed by atoms with Gasteiger partial charge in [0.2, 0.25) is 0 Å². The summed E-state index contributed by atoms with van der Waals surface area (Å²) in [5.74, 6) is -0.959. The molecule has 1 N–H and O–H groups in total. The molecule has 4 nitrogen and oxygen atoms in total. The summed E-state index contributed by atoms with van der Waals surface area (Å²) in [5.41, 5.74) is 3.81. The first-order valence-corrected chi connectivity index (χ1v) is 7.90. The monoisotopic (exact) mass is 312 g/mol. The Labute approximate surface area is 132 Å². The van der Waals surface area contributed by atoms with Crippen LogP contribution in [0.25, 0.3) is 22.3 Å². The van der Waals surface area contributed by atoms with Gasteiger partial charge in [-0.1, -0.05) is 37.3 Å². The summed E-state index contributed by atoms with van der Waals surface area (Å²) in [6, 6.07) is 9.85. The van der Waals surface area contributed by atoms with E-state index < -0.39 is 5.97 Å². The van der Waals surface area contributed by atoms with Crippen LogP contribution in [0.1, 0.15) is 23.2 Å². The number of thiazole rings is 1. The molecule has 3 aromatic rings. The van der Waals surface area contributed by atoms with Crippen molar-refractivity contribution in [2.75, 3.05) is 0 Å². The lowest BCUT2D eigenvalue weighted by Gasteiger charge is -2.03. The van der Waals surface area contributed by atoms with E-state index in [0.717, 1.165) is 28.3 Å². The van der Waals surface area contributed by atoms with Gasteiger partial charge in [-0.3, -0.25) is 4.40 Å². The summed E-state index contributed by atoms with van der Waals surface area (Å²) in [7, 11) is 0. The van der Waals surface area contributed by atoms with E-state index in [0.29, 0.717) is 0 Å². The normalized spacial score (nSPS) is 11.5. The number of nitrogens with zero attached hydrogens (tertiary/aromatic N) is 2. The van der Waals surface area contributed by atoms with Gasteiger partial charge in [-0.25, -0.2) is 9.78 Å². The van der Waals surface area contributed by atoms with Gasteiger partial charge >= 0.3 is 5.97 Å². The van der Waals surface area contributed by atoms with Crippen molar-refractivity contribution in [2.45, 2.75) is 20.3 Å². The number of hydrogen-bond donors (Lipinski definition) is 1. The molecule has 0 saturated heterocycles. The van der Waals surface area contributed by atoms with Crippen molar-refractivity contribution in [1.29, 1.82) is 0 Å². The van der Waals surface area contributed by atoms with E-state index in [-0.39, 0.29) is 0 Å². The number of carbonyl (C=O) groups is 1. The van der Waals surface area contributed by atoms with Crippen molar-refractivity contribution in [3.63, 3.8) is 0 Å². The lowest BCUT2D eigenvalue weighted by atomic mass is 10.1. The first-order chi connectivity index (χ1) is 10.6. The molecular weight excluding hydrogens is 296 g/mol. The molecule has 0 fully saturated rings. The van der Waals surface area contributed by atoms with E-state index in [2.05, 4.69) is 18.2 Å². The van der Waals surface area contributed by atoms with Crippen molar-refractivity contribution in [1.82, 2.24) is 9.38 Å². The van der Waals surface area contributed by atoms with Crippen molar-refractivity contribution in [3.05, 3.63) is 52.7 Å². The maximum absolute atomic E-state index is 10.9. The van der Waals surface area contributed by atoms with Crippen LogP contribution < -0.4 is 0 Å². The number of benzene rings is 1. The van der Waals surface area contributed by atoms with E-state index in [4.69, 9.17) is 10.1 Å². The SMILES string of the molecule is CCc1c(C)sc2nc(-c3ccccc3)c(/C=C/C(=O)O)n12. The van der Waals surface area contributed by atoms with E-state index in [9.17, 15) is 4.79 Å². The second-order valence-corrected chi connectivity index (χ2v) is 6.14. The van der Waals surface area contributed by atoms with Gasteiger partial charge in [0, 0.05) is 22.2 Å². The van der Waals surface area contributed by atoms with Crippen LogP contribution in [-0.4, -0.2) is 20.5 Å². The summed E-state index contributed by atoms with van der Waals surface area (Å²) in [6.45, 7) is 4.17. The average molecular weight is 312 g/mol. The molecule has 0 unspecified atom stereocenters. The van der Waals surface area contributed by atoms with Crippen LogP contribution >= 0.6 is 11.3 Å². The minimum Gasteiger partial charge on any atom is -0.478 e. The summed E-state index contributed by atoms with van der Waals surface area (Å²) in [4.78, 5) is 17.8. The van der Waals surface area contributed by atoms with Gasteiger partial charge in [0.15, 0.2) is 4.96 Å². The van der Waals surface area contributed by atoms with E-state index in [1.54, 1.807) is 17.4 Å². The van der Waals surface area contributed by atoms with Crippen molar-refractivity contribution >= 4 is 28.3 Å². The van der Waals surface area contributed by atoms with E-state index in [1.807, 2.05) is 30.3 Å². The minimum atomic E-state index is -0.959. The molecule has 0 aliphatic rings. The second kappa shape index (κ2) is 5.77. The van der Waals surface area contributed by atoms with Gasteiger partial charge in [-0.2, -0.15) is 0 Å². The Morgan fingerprint density at radius 1 is 1.36 bits per heavy atom. The van der Waals surface area contributed by atoms with Crippen molar-refractivity contribution < 1.29 is 9.90 Å². The number of hydrogen-bond acceptors (Lipinski definition) is 3. The highest BCUT2D eigenvalue weighted by Crippen LogP contribution is 2.32. The van der Waals surface area contributed by atoms with Crippen LogP contribution in [0, 0.1) is 6.92 Å². The summed E-state index contributed by atoms with van der Waals surface area (Å²) in [5, 5.41) is 8.96. The largest absolute Gasteiger partial charge is 0.478 e. The standard InChI is InChI=1S/C17H16N2O2S/c1-3-13-11(2)22-17-18-16(12-7-5-4-6-8-12)14(19(13)17)9-10-15(20)21/h4-10H,3H2,1-2H3,(H,20,21)/b10-9+. The highest BCUT2D eigenvalue weighted by molar-refractivity contribution is 7.17. The molecule has 0 spiro atoms. The first-order valence-electron chi connectivity index (χ1n) is 7.09. The molecule has 2 heterocycles. The highest BCUT2D eigenvalue weighted by Gasteiger charge is 2.17. The summed E-state index contributed by atoms with van der Waals surface area (Å²) >= 11 is 1.64. The number of rotatable bonds is 4. The third-order valence-electron chi connectivity index (χ3n) is 3.57. The minimum absolute atomic E-state index is 0.819. The Balaban J connectivity index is 2.30. The van der Waals surface area contributed by atoms with Gasteiger partial charge in [0.25, 0.3) is 0 Å². The number of imidazole rings is 1. The fourth-order valence-electron chi connectivity index (χ4n) is 2.61. The molecule has 2 aromatic heterocycles. The maximum atomic E-state index is 10.9. The number of fused-ring (bicyclic) bond motifs is 1. The molecule has 5 heteroatoms. The number of aryl methyl sites for hydroxylation is 2. The van der Waals surface area contributed by atoms with Crippen molar-refractivity contribution in [3.8, 4) is 11.3 Å². The molecule has 0 radical (unpaired) electrons. The van der Waals surface area contributed by atoms with Gasteiger partial charge in [0.05, 0.1) is 11.4 Å². The van der Waals surface area contributed by atoms with Crippen LogP contribution in [0.2, 0.25) is 0 Å². The first kappa shape index (κ1) is 14.5. The number of aliphatic carboxylic acids is 1. The molecule has 0 aliphatic carbocycles. The number of aromatic nitrogens is 2. The van der Waals surface area contributed by atoms with E-state index in [1.165, 1.54) is 16.6 Å². The van der Waals surface area contributed by atoms with Crippen molar-refractivity contribution in [2.24, 2.45) is 0 Å². The second-order valence-electron chi connectivity index (χ2n) is 4.96.